The van der Waals surface area contributed by atoms with Crippen LogP contribution in [0, 0.1) is 6.92 Å². The highest BCUT2D eigenvalue weighted by Crippen LogP contribution is 2.38. The van der Waals surface area contributed by atoms with Gasteiger partial charge in [0.2, 0.25) is 11.8 Å². The van der Waals surface area contributed by atoms with Gasteiger partial charge in [0.15, 0.2) is 10.8 Å². The molecule has 2 N–H and O–H groups in total. The summed E-state index contributed by atoms with van der Waals surface area (Å²) in [7, 11) is 0. The Morgan fingerprint density at radius 1 is 1.09 bits per heavy atom. The molecule has 0 bridgehead atoms. The molecule has 5 rings (SSSR count). The zero-order chi connectivity index (χ0) is 22.2. The van der Waals surface area contributed by atoms with Crippen molar-refractivity contribution in [2.24, 2.45) is 0 Å². The van der Waals surface area contributed by atoms with Gasteiger partial charge in [0, 0.05) is 23.2 Å². The van der Waals surface area contributed by atoms with Gasteiger partial charge >= 0.3 is 0 Å². The van der Waals surface area contributed by atoms with Crippen LogP contribution in [0.1, 0.15) is 36.0 Å². The van der Waals surface area contributed by atoms with Crippen molar-refractivity contribution in [1.29, 1.82) is 0 Å². The molecule has 0 spiro atoms. The van der Waals surface area contributed by atoms with Gasteiger partial charge in [-0.1, -0.05) is 11.8 Å². The lowest BCUT2D eigenvalue weighted by atomic mass is 9.97. The summed E-state index contributed by atoms with van der Waals surface area (Å²) in [5, 5.41) is 16.2. The third-order valence-corrected chi connectivity index (χ3v) is 7.53. The summed E-state index contributed by atoms with van der Waals surface area (Å²) in [5.41, 5.74) is 3.56. The Labute approximate surface area is 192 Å². The van der Waals surface area contributed by atoms with E-state index >= 15 is 0 Å². The van der Waals surface area contributed by atoms with Gasteiger partial charge < -0.3 is 10.6 Å². The fraction of sp³-hybridized carbons (Fsp3) is 0.318. The normalized spacial score (nSPS) is 13.3. The first-order valence-electron chi connectivity index (χ1n) is 10.5. The number of hydrogen-bond donors (Lipinski definition) is 2. The van der Waals surface area contributed by atoms with Gasteiger partial charge in [-0.25, -0.2) is 4.98 Å². The topological polar surface area (TPSA) is 101 Å². The second-order valence-electron chi connectivity index (χ2n) is 7.79. The molecule has 0 aliphatic heterocycles. The maximum Gasteiger partial charge on any atom is 0.234 e. The van der Waals surface area contributed by atoms with Crippen LogP contribution in [0.15, 0.2) is 29.4 Å². The van der Waals surface area contributed by atoms with Crippen molar-refractivity contribution >= 4 is 62.2 Å². The maximum atomic E-state index is 12.5. The molecular formula is C22H22N6O2S2. The van der Waals surface area contributed by atoms with E-state index in [0.717, 1.165) is 34.5 Å². The highest BCUT2D eigenvalue weighted by molar-refractivity contribution is 7.99. The number of amides is 2. The number of nitrogens with one attached hydrogen (secondary N) is 2. The van der Waals surface area contributed by atoms with Gasteiger partial charge in [-0.3, -0.25) is 14.0 Å². The second-order valence-corrected chi connectivity index (χ2v) is 9.81. The number of fused-ring (bicyclic) bond motifs is 5. The zero-order valence-electron chi connectivity index (χ0n) is 17.8. The number of benzene rings is 1. The second kappa shape index (κ2) is 8.51. The molecule has 0 atom stereocenters. The van der Waals surface area contributed by atoms with E-state index in [1.807, 2.05) is 11.3 Å². The van der Waals surface area contributed by atoms with Gasteiger partial charge in [-0.2, -0.15) is 0 Å². The van der Waals surface area contributed by atoms with Crippen LogP contribution in [0.4, 0.5) is 11.4 Å². The molecule has 0 saturated heterocycles. The first-order chi connectivity index (χ1) is 15.5. The van der Waals surface area contributed by atoms with E-state index in [0.29, 0.717) is 16.5 Å². The van der Waals surface area contributed by atoms with Crippen molar-refractivity contribution in [3.05, 3.63) is 40.5 Å². The molecule has 164 valence electrons. The lowest BCUT2D eigenvalue weighted by Crippen LogP contribution is -2.14. The minimum absolute atomic E-state index is 0.135. The van der Waals surface area contributed by atoms with E-state index < -0.39 is 0 Å². The van der Waals surface area contributed by atoms with Crippen LogP contribution in [0.5, 0.6) is 0 Å². The number of aryl methyl sites for hydroxylation is 3. The first kappa shape index (κ1) is 20.9. The SMILES string of the molecule is CC(=O)Nc1ccc(NC(=O)CSc2nnc3c4c5c(sc4nc(C)n23)CCCC5)cc1. The summed E-state index contributed by atoms with van der Waals surface area (Å²) in [6.07, 6.45) is 4.60. The number of hydrogen-bond acceptors (Lipinski definition) is 7. The van der Waals surface area contributed by atoms with Gasteiger partial charge in [-0.15, -0.1) is 21.5 Å². The average Bonchev–Trinajstić information content (AvgIpc) is 3.34. The Bertz CT molecular complexity index is 1340. The Balaban J connectivity index is 1.33. The van der Waals surface area contributed by atoms with Crippen LogP contribution in [0.25, 0.3) is 15.9 Å². The minimum Gasteiger partial charge on any atom is -0.326 e. The standard InChI is InChI=1S/C22H22N6O2S2/c1-12-23-21-19(16-5-3-4-6-17(16)32-21)20-26-27-22(28(12)20)31-11-18(30)25-15-9-7-14(8-10-15)24-13(2)29/h7-10H,3-6,11H2,1-2H3,(H,24,29)(H,25,30). The van der Waals surface area contributed by atoms with Crippen molar-refractivity contribution in [3.8, 4) is 0 Å². The summed E-state index contributed by atoms with van der Waals surface area (Å²) >= 11 is 3.12. The molecule has 3 aromatic heterocycles. The number of anilines is 2. The molecule has 1 aliphatic rings. The number of rotatable bonds is 5. The molecule has 0 saturated carbocycles. The summed E-state index contributed by atoms with van der Waals surface area (Å²) in [6, 6.07) is 7.01. The van der Waals surface area contributed by atoms with Crippen molar-refractivity contribution in [2.45, 2.75) is 44.7 Å². The fourth-order valence-corrected chi connectivity index (χ4v) is 6.12. The fourth-order valence-electron chi connectivity index (χ4n) is 4.04. The molecule has 1 aromatic carbocycles. The zero-order valence-corrected chi connectivity index (χ0v) is 19.4. The minimum atomic E-state index is -0.140. The number of nitrogens with zero attached hydrogens (tertiary/aromatic N) is 4. The summed E-state index contributed by atoms with van der Waals surface area (Å²) in [4.78, 5) is 30.9. The molecule has 0 fully saturated rings. The Kier molecular flexibility index (Phi) is 5.56. The Hall–Kier alpha value is -2.98. The van der Waals surface area contributed by atoms with Crippen LogP contribution in [-0.4, -0.2) is 37.1 Å². The van der Waals surface area contributed by atoms with Crippen molar-refractivity contribution in [2.75, 3.05) is 16.4 Å². The highest BCUT2D eigenvalue weighted by Gasteiger charge is 2.22. The molecule has 10 heteroatoms. The Morgan fingerprint density at radius 3 is 2.56 bits per heavy atom. The first-order valence-corrected chi connectivity index (χ1v) is 12.3. The molecule has 0 unspecified atom stereocenters. The number of thiophene rings is 1. The van der Waals surface area contributed by atoms with Crippen molar-refractivity contribution in [1.82, 2.24) is 19.6 Å². The molecule has 0 radical (unpaired) electrons. The number of thioether (sulfide) groups is 1. The highest BCUT2D eigenvalue weighted by atomic mass is 32.2. The summed E-state index contributed by atoms with van der Waals surface area (Å²) in [5.74, 6) is 0.753. The van der Waals surface area contributed by atoms with Crippen LogP contribution >= 0.6 is 23.1 Å². The molecule has 32 heavy (non-hydrogen) atoms. The average molecular weight is 467 g/mol. The summed E-state index contributed by atoms with van der Waals surface area (Å²) < 4.78 is 1.96. The van der Waals surface area contributed by atoms with Gasteiger partial charge in [-0.05, 0) is 62.4 Å². The predicted molar refractivity (Wildman–Crippen MR) is 128 cm³/mol. The summed E-state index contributed by atoms with van der Waals surface area (Å²) in [6.45, 7) is 3.41. The molecule has 8 nitrogen and oxygen atoms in total. The van der Waals surface area contributed by atoms with E-state index in [4.69, 9.17) is 4.98 Å². The predicted octanol–water partition coefficient (Wildman–Crippen LogP) is 4.22. The molecular weight excluding hydrogens is 444 g/mol. The van der Waals surface area contributed by atoms with E-state index in [2.05, 4.69) is 20.8 Å². The smallest absolute Gasteiger partial charge is 0.234 e. The lowest BCUT2D eigenvalue weighted by Gasteiger charge is -2.10. The maximum absolute atomic E-state index is 12.5. The van der Waals surface area contributed by atoms with Gasteiger partial charge in [0.05, 0.1) is 11.1 Å². The van der Waals surface area contributed by atoms with Gasteiger partial charge in [0.1, 0.15) is 10.7 Å². The monoisotopic (exact) mass is 466 g/mol. The third kappa shape index (κ3) is 3.95. The number of carbonyl (C=O) groups excluding carboxylic acids is 2. The Morgan fingerprint density at radius 2 is 1.81 bits per heavy atom. The third-order valence-electron chi connectivity index (χ3n) is 5.42. The van der Waals surface area contributed by atoms with E-state index in [1.165, 1.54) is 42.0 Å². The van der Waals surface area contributed by atoms with E-state index in [1.54, 1.807) is 35.6 Å². The van der Waals surface area contributed by atoms with Gasteiger partial charge in [0.25, 0.3) is 0 Å². The van der Waals surface area contributed by atoms with E-state index in [-0.39, 0.29) is 17.6 Å². The molecule has 1 aliphatic carbocycles. The molecule has 2 amide bonds. The van der Waals surface area contributed by atoms with Crippen LogP contribution in [0.2, 0.25) is 0 Å². The largest absolute Gasteiger partial charge is 0.326 e. The number of carbonyl (C=O) groups is 2. The number of aromatic nitrogens is 4. The van der Waals surface area contributed by atoms with Crippen LogP contribution in [0.3, 0.4) is 0 Å². The van der Waals surface area contributed by atoms with Crippen molar-refractivity contribution < 1.29 is 9.59 Å². The molecule has 4 aromatic rings. The quantitative estimate of drug-likeness (QED) is 0.427. The van der Waals surface area contributed by atoms with Crippen LogP contribution in [-0.2, 0) is 22.4 Å². The molecule has 3 heterocycles. The van der Waals surface area contributed by atoms with E-state index in [9.17, 15) is 9.59 Å². The van der Waals surface area contributed by atoms with Crippen LogP contribution < -0.4 is 10.6 Å². The van der Waals surface area contributed by atoms with Crippen molar-refractivity contribution in [3.63, 3.8) is 0 Å². The lowest BCUT2D eigenvalue weighted by molar-refractivity contribution is -0.114.